The van der Waals surface area contributed by atoms with E-state index in [0.29, 0.717) is 12.0 Å². The van der Waals surface area contributed by atoms with Gasteiger partial charge in [-0.05, 0) is 29.5 Å². The van der Waals surface area contributed by atoms with Crippen LogP contribution >= 0.6 is 0 Å². The van der Waals surface area contributed by atoms with Crippen molar-refractivity contribution < 1.29 is 9.76 Å². The molecule has 178 valence electrons. The predicted molar refractivity (Wildman–Crippen MR) is 134 cm³/mol. The molecule has 0 aromatic heterocycles. The largest absolute Gasteiger partial charge is 0.285 e. The molecule has 3 aromatic rings. The average Bonchev–Trinajstić information content (AvgIpc) is 3.35. The van der Waals surface area contributed by atoms with Gasteiger partial charge >= 0.3 is 0 Å². The van der Waals surface area contributed by atoms with Crippen LogP contribution in [0.2, 0.25) is 0 Å². The Morgan fingerprint density at radius 2 is 1.63 bits per heavy atom. The summed E-state index contributed by atoms with van der Waals surface area (Å²) >= 11 is 0. The van der Waals surface area contributed by atoms with Gasteiger partial charge in [-0.25, -0.2) is 0 Å². The third-order valence-corrected chi connectivity index (χ3v) is 7.74. The normalized spacial score (nSPS) is 26.1. The van der Waals surface area contributed by atoms with Crippen LogP contribution in [0.5, 0.6) is 0 Å². The molecule has 0 bridgehead atoms. The van der Waals surface area contributed by atoms with Crippen molar-refractivity contribution in [2.45, 2.75) is 50.4 Å². The van der Waals surface area contributed by atoms with Gasteiger partial charge in [-0.1, -0.05) is 85.6 Å². The highest BCUT2D eigenvalue weighted by Gasteiger charge is 2.49. The zero-order valence-corrected chi connectivity index (χ0v) is 19.5. The van der Waals surface area contributed by atoms with Crippen molar-refractivity contribution in [3.63, 3.8) is 0 Å². The first-order chi connectivity index (χ1) is 17.2. The van der Waals surface area contributed by atoms with E-state index in [-0.39, 0.29) is 22.8 Å². The Hall–Kier alpha value is -3.48. The van der Waals surface area contributed by atoms with E-state index in [4.69, 9.17) is 4.84 Å². The first-order valence-corrected chi connectivity index (χ1v) is 12.5. The fraction of sp³-hybridized carbons (Fsp3) is 0.310. The van der Waals surface area contributed by atoms with Crippen LogP contribution in [0.25, 0.3) is 0 Å². The van der Waals surface area contributed by atoms with E-state index in [1.54, 1.807) is 12.1 Å². The number of nitro groups is 1. The Morgan fingerprint density at radius 3 is 2.40 bits per heavy atom. The molecule has 4 atom stereocenters. The second-order valence-electron chi connectivity index (χ2n) is 9.75. The molecule has 1 saturated carbocycles. The standard InChI is InChI=1S/C29H29N3O3/c33-32(34)23-15-9-14-22(18-23)29-26-27(30-35-29)24-16-7-8-17-25(24)31(19-20-10-3-1-4-11-20)28(26)21-12-5-2-6-13-21/h1-6,9-15,18,24-25,28-30H,7-8,16-17,19H2. The third kappa shape index (κ3) is 4.03. The van der Waals surface area contributed by atoms with Gasteiger partial charge in [-0.15, -0.1) is 0 Å². The van der Waals surface area contributed by atoms with Gasteiger partial charge in [0.1, 0.15) is 6.10 Å². The molecule has 3 aromatic carbocycles. The number of nitro benzene ring substituents is 1. The molecule has 2 heterocycles. The van der Waals surface area contributed by atoms with Crippen LogP contribution < -0.4 is 5.48 Å². The molecule has 4 unspecified atom stereocenters. The minimum absolute atomic E-state index is 0.0185. The molecule has 35 heavy (non-hydrogen) atoms. The molecule has 0 radical (unpaired) electrons. The van der Waals surface area contributed by atoms with Crippen LogP contribution in [-0.2, 0) is 11.4 Å². The topological polar surface area (TPSA) is 67.6 Å². The lowest BCUT2D eigenvalue weighted by Gasteiger charge is -2.49. The number of benzene rings is 3. The number of rotatable bonds is 5. The number of non-ortho nitro benzene ring substituents is 1. The molecule has 1 aliphatic carbocycles. The molecule has 6 nitrogen and oxygen atoms in total. The molecule has 6 rings (SSSR count). The summed E-state index contributed by atoms with van der Waals surface area (Å²) in [5.41, 5.74) is 9.11. The maximum Gasteiger partial charge on any atom is 0.269 e. The van der Waals surface area contributed by atoms with Gasteiger partial charge in [-0.3, -0.25) is 25.3 Å². The molecule has 2 aliphatic heterocycles. The summed E-state index contributed by atoms with van der Waals surface area (Å²) in [6, 6.07) is 28.6. The number of nitrogens with one attached hydrogen (secondary N) is 1. The fourth-order valence-electron chi connectivity index (χ4n) is 6.24. The van der Waals surface area contributed by atoms with Gasteiger partial charge in [0.15, 0.2) is 0 Å². The van der Waals surface area contributed by atoms with Gasteiger partial charge in [0.05, 0.1) is 11.0 Å². The quantitative estimate of drug-likeness (QED) is 0.355. The monoisotopic (exact) mass is 467 g/mol. The Kier molecular flexibility index (Phi) is 5.84. The average molecular weight is 468 g/mol. The minimum Gasteiger partial charge on any atom is -0.285 e. The van der Waals surface area contributed by atoms with E-state index in [1.807, 2.05) is 12.1 Å². The van der Waals surface area contributed by atoms with Crippen LogP contribution in [-0.4, -0.2) is 15.9 Å². The molecule has 3 aliphatic rings. The molecular formula is C29H29N3O3. The second-order valence-corrected chi connectivity index (χ2v) is 9.75. The van der Waals surface area contributed by atoms with Crippen LogP contribution in [0.15, 0.2) is 96.2 Å². The highest BCUT2D eigenvalue weighted by Crippen LogP contribution is 2.53. The van der Waals surface area contributed by atoms with Crippen LogP contribution in [0.4, 0.5) is 5.69 Å². The van der Waals surface area contributed by atoms with Crippen LogP contribution in [0.1, 0.15) is 54.5 Å². The van der Waals surface area contributed by atoms with E-state index in [1.165, 1.54) is 41.3 Å². The van der Waals surface area contributed by atoms with Crippen molar-refractivity contribution in [2.75, 3.05) is 0 Å². The SMILES string of the molecule is O=[N+]([O-])c1cccc(C2ONC3=C2C(c2ccccc2)N(Cc2ccccc2)C2CCCCC32)c1. The highest BCUT2D eigenvalue weighted by molar-refractivity contribution is 5.45. The van der Waals surface area contributed by atoms with E-state index in [2.05, 4.69) is 65.0 Å². The zero-order chi connectivity index (χ0) is 23.8. The highest BCUT2D eigenvalue weighted by atomic mass is 16.7. The predicted octanol–water partition coefficient (Wildman–Crippen LogP) is 6.24. The van der Waals surface area contributed by atoms with Crippen molar-refractivity contribution in [1.82, 2.24) is 10.4 Å². The van der Waals surface area contributed by atoms with Crippen molar-refractivity contribution in [3.05, 3.63) is 123 Å². The minimum atomic E-state index is -0.378. The number of fused-ring (bicyclic) bond motifs is 2. The van der Waals surface area contributed by atoms with E-state index < -0.39 is 0 Å². The lowest BCUT2D eigenvalue weighted by atomic mass is 9.72. The summed E-state index contributed by atoms with van der Waals surface area (Å²) in [6.45, 7) is 0.847. The summed E-state index contributed by atoms with van der Waals surface area (Å²) in [5, 5.41) is 11.5. The Bertz CT molecular complexity index is 1240. The Labute approximate surface area is 205 Å². The molecule has 1 N–H and O–H groups in total. The molecular weight excluding hydrogens is 438 g/mol. The Balaban J connectivity index is 1.50. The van der Waals surface area contributed by atoms with Crippen molar-refractivity contribution in [3.8, 4) is 0 Å². The molecule has 6 heteroatoms. The number of hydrogen-bond acceptors (Lipinski definition) is 5. The summed E-state index contributed by atoms with van der Waals surface area (Å²) in [5.74, 6) is 0.367. The molecule has 1 fully saturated rings. The summed E-state index contributed by atoms with van der Waals surface area (Å²) in [7, 11) is 0. The summed E-state index contributed by atoms with van der Waals surface area (Å²) in [4.78, 5) is 20.1. The van der Waals surface area contributed by atoms with Gasteiger partial charge in [0.2, 0.25) is 0 Å². The van der Waals surface area contributed by atoms with Crippen LogP contribution in [0.3, 0.4) is 0 Å². The molecule has 0 amide bonds. The van der Waals surface area contributed by atoms with E-state index in [9.17, 15) is 10.1 Å². The van der Waals surface area contributed by atoms with E-state index in [0.717, 1.165) is 24.9 Å². The number of hydrogen-bond donors (Lipinski definition) is 1. The second kappa shape index (κ2) is 9.29. The maximum absolute atomic E-state index is 11.5. The fourth-order valence-corrected chi connectivity index (χ4v) is 6.24. The van der Waals surface area contributed by atoms with Gasteiger partial charge in [0.25, 0.3) is 5.69 Å². The molecule has 0 spiro atoms. The van der Waals surface area contributed by atoms with E-state index >= 15 is 0 Å². The maximum atomic E-state index is 11.5. The lowest BCUT2D eigenvalue weighted by molar-refractivity contribution is -0.385. The summed E-state index contributed by atoms with van der Waals surface area (Å²) in [6.07, 6.45) is 4.33. The lowest BCUT2D eigenvalue weighted by Crippen LogP contribution is -2.50. The van der Waals surface area contributed by atoms with Gasteiger partial charge in [0, 0.05) is 41.9 Å². The summed E-state index contributed by atoms with van der Waals surface area (Å²) < 4.78 is 0. The van der Waals surface area contributed by atoms with Crippen molar-refractivity contribution >= 4 is 5.69 Å². The van der Waals surface area contributed by atoms with Crippen molar-refractivity contribution in [1.29, 1.82) is 0 Å². The number of hydroxylamine groups is 1. The molecule has 0 saturated heterocycles. The number of nitrogens with zero attached hydrogens (tertiary/aromatic N) is 2. The smallest absolute Gasteiger partial charge is 0.269 e. The zero-order valence-electron chi connectivity index (χ0n) is 19.5. The third-order valence-electron chi connectivity index (χ3n) is 7.74. The van der Waals surface area contributed by atoms with Crippen LogP contribution in [0, 0.1) is 16.0 Å². The Morgan fingerprint density at radius 1 is 0.914 bits per heavy atom. The first-order valence-electron chi connectivity index (χ1n) is 12.5. The van der Waals surface area contributed by atoms with Gasteiger partial charge < -0.3 is 0 Å². The van der Waals surface area contributed by atoms with Crippen molar-refractivity contribution in [2.24, 2.45) is 5.92 Å². The van der Waals surface area contributed by atoms with Gasteiger partial charge in [-0.2, -0.15) is 0 Å². The first kappa shape index (κ1) is 22.0.